The van der Waals surface area contributed by atoms with Gasteiger partial charge >= 0.3 is 0 Å². The summed E-state index contributed by atoms with van der Waals surface area (Å²) in [6.07, 6.45) is 9.89. The van der Waals surface area contributed by atoms with Gasteiger partial charge in [-0.15, -0.1) is 81.2 Å². The van der Waals surface area contributed by atoms with Crippen molar-refractivity contribution in [2.75, 3.05) is 5.88 Å². The first-order valence-electron chi connectivity index (χ1n) is 9.23. The quantitative estimate of drug-likeness (QED) is 0.148. The Labute approximate surface area is 189 Å². The van der Waals surface area contributed by atoms with Crippen molar-refractivity contribution in [1.82, 2.24) is 0 Å². The molecular weight excluding hydrogens is 464 g/mol. The Morgan fingerprint density at radius 2 is 0.920 bits per heavy atom. The van der Waals surface area contributed by atoms with E-state index >= 15 is 0 Å². The van der Waals surface area contributed by atoms with Crippen LogP contribution in [0.15, 0.2) is 0 Å². The van der Waals surface area contributed by atoms with Crippen molar-refractivity contribution in [3.63, 3.8) is 0 Å². The molecule has 152 valence electrons. The maximum atomic E-state index is 6.43. The monoisotopic (exact) mass is 492 g/mol. The topological polar surface area (TPSA) is 0 Å². The lowest BCUT2D eigenvalue weighted by molar-refractivity contribution is 0.547. The van der Waals surface area contributed by atoms with Gasteiger partial charge in [0.25, 0.3) is 0 Å². The molecule has 0 fully saturated rings. The molecule has 0 amide bonds. The number of hydrogen-bond acceptors (Lipinski definition) is 0. The molecule has 7 heteroatoms. The molecule has 6 atom stereocenters. The van der Waals surface area contributed by atoms with Crippen molar-refractivity contribution in [1.29, 1.82) is 0 Å². The molecule has 0 heterocycles. The molecule has 0 N–H and O–H groups in total. The van der Waals surface area contributed by atoms with E-state index in [4.69, 9.17) is 81.2 Å². The Hall–Kier alpha value is 2.03. The number of halogens is 7. The summed E-state index contributed by atoms with van der Waals surface area (Å²) in [5.41, 5.74) is 0. The van der Waals surface area contributed by atoms with Crippen LogP contribution in [0.3, 0.4) is 0 Å². The third-order valence-electron chi connectivity index (χ3n) is 4.33. The smallest absolute Gasteiger partial charge is 0.0514 e. The minimum Gasteiger partial charge on any atom is -0.127 e. The average molecular weight is 496 g/mol. The highest BCUT2D eigenvalue weighted by Gasteiger charge is 2.28. The normalized spacial score (nSPS) is 19.2. The summed E-state index contributed by atoms with van der Waals surface area (Å²) < 4.78 is 0. The van der Waals surface area contributed by atoms with Crippen molar-refractivity contribution in [2.45, 2.75) is 103 Å². The number of alkyl halides is 7. The molecule has 0 aromatic rings. The van der Waals surface area contributed by atoms with Gasteiger partial charge in [-0.1, -0.05) is 39.0 Å². The molecule has 0 spiro atoms. The molecule has 0 bridgehead atoms. The highest BCUT2D eigenvalue weighted by molar-refractivity contribution is 6.33. The minimum atomic E-state index is -0.261. The Balaban J connectivity index is 3.94. The van der Waals surface area contributed by atoms with Crippen LogP contribution in [-0.4, -0.2) is 38.1 Å². The average Bonchev–Trinajstić information content (AvgIpc) is 2.59. The van der Waals surface area contributed by atoms with Gasteiger partial charge in [-0.25, -0.2) is 0 Å². The van der Waals surface area contributed by atoms with E-state index in [1.54, 1.807) is 0 Å². The van der Waals surface area contributed by atoms with Gasteiger partial charge in [0.1, 0.15) is 0 Å². The summed E-state index contributed by atoms with van der Waals surface area (Å²) in [5, 5.41) is -1.07. The summed E-state index contributed by atoms with van der Waals surface area (Å²) in [7, 11) is 0. The molecule has 0 radical (unpaired) electrons. The SMILES string of the molecule is CCC(Cl)C(Cl)CC(Cl)C(Cl)CC(Cl)C(Cl)CCCCCCCCCl. The van der Waals surface area contributed by atoms with Crippen LogP contribution >= 0.6 is 81.2 Å². The van der Waals surface area contributed by atoms with E-state index < -0.39 is 0 Å². The fourth-order valence-electron chi connectivity index (χ4n) is 2.60. The molecule has 0 aliphatic carbocycles. The van der Waals surface area contributed by atoms with E-state index in [0.717, 1.165) is 31.6 Å². The maximum absolute atomic E-state index is 6.43. The van der Waals surface area contributed by atoms with Gasteiger partial charge in [0, 0.05) is 16.6 Å². The fourth-order valence-corrected chi connectivity index (χ4v) is 4.61. The zero-order chi connectivity index (χ0) is 19.2. The van der Waals surface area contributed by atoms with Gasteiger partial charge < -0.3 is 0 Å². The molecule has 0 aromatic heterocycles. The largest absolute Gasteiger partial charge is 0.127 e. The lowest BCUT2D eigenvalue weighted by Gasteiger charge is -2.24. The minimum absolute atomic E-state index is 0.0853. The Kier molecular flexibility index (Phi) is 18.3. The molecule has 25 heavy (non-hydrogen) atoms. The van der Waals surface area contributed by atoms with Crippen LogP contribution in [0.25, 0.3) is 0 Å². The summed E-state index contributed by atoms with van der Waals surface area (Å²) in [6.45, 7) is 2.00. The third kappa shape index (κ3) is 13.8. The van der Waals surface area contributed by atoms with Crippen LogP contribution in [0.1, 0.15) is 71.1 Å². The molecule has 0 nitrogen and oxygen atoms in total. The predicted molar refractivity (Wildman–Crippen MR) is 120 cm³/mol. The Morgan fingerprint density at radius 3 is 1.40 bits per heavy atom. The highest BCUT2D eigenvalue weighted by Crippen LogP contribution is 2.30. The number of hydrogen-bond donors (Lipinski definition) is 0. The van der Waals surface area contributed by atoms with Crippen LogP contribution in [0.5, 0.6) is 0 Å². The van der Waals surface area contributed by atoms with Crippen LogP contribution < -0.4 is 0 Å². The van der Waals surface area contributed by atoms with E-state index in [1.165, 1.54) is 25.7 Å². The highest BCUT2D eigenvalue weighted by atomic mass is 35.5. The number of rotatable bonds is 16. The second-order valence-electron chi connectivity index (χ2n) is 6.57. The van der Waals surface area contributed by atoms with Gasteiger partial charge in [0.2, 0.25) is 0 Å². The van der Waals surface area contributed by atoms with Crippen molar-refractivity contribution in [3.8, 4) is 0 Å². The maximum Gasteiger partial charge on any atom is 0.0514 e. The Morgan fingerprint density at radius 1 is 0.520 bits per heavy atom. The standard InChI is InChI=1S/C18H31Cl7/c1-2-13(20)15(22)11-17(24)18(25)12-16(23)14(21)9-7-5-3-4-6-8-10-19/h13-18H,2-12H2,1H3. The van der Waals surface area contributed by atoms with E-state index in [2.05, 4.69) is 0 Å². The van der Waals surface area contributed by atoms with E-state index in [-0.39, 0.29) is 32.3 Å². The molecule has 0 saturated carbocycles. The van der Waals surface area contributed by atoms with Crippen molar-refractivity contribution in [2.24, 2.45) is 0 Å². The molecule has 0 aromatic carbocycles. The van der Waals surface area contributed by atoms with Gasteiger partial charge in [-0.3, -0.25) is 0 Å². The summed E-state index contributed by atoms with van der Waals surface area (Å²) in [5.74, 6) is 0.757. The van der Waals surface area contributed by atoms with Crippen LogP contribution in [0.4, 0.5) is 0 Å². The van der Waals surface area contributed by atoms with Crippen molar-refractivity contribution >= 4 is 81.2 Å². The van der Waals surface area contributed by atoms with Crippen LogP contribution in [-0.2, 0) is 0 Å². The zero-order valence-corrected chi connectivity index (χ0v) is 20.2. The molecule has 0 saturated heterocycles. The van der Waals surface area contributed by atoms with Gasteiger partial charge in [0.15, 0.2) is 0 Å². The number of unbranched alkanes of at least 4 members (excludes halogenated alkanes) is 5. The van der Waals surface area contributed by atoms with Gasteiger partial charge in [-0.2, -0.15) is 0 Å². The second kappa shape index (κ2) is 16.9. The van der Waals surface area contributed by atoms with Crippen molar-refractivity contribution < 1.29 is 0 Å². The van der Waals surface area contributed by atoms with E-state index in [0.29, 0.717) is 12.8 Å². The summed E-state index contributed by atoms with van der Waals surface area (Å²) in [6, 6.07) is 0. The third-order valence-corrected chi connectivity index (χ3v) is 8.05. The zero-order valence-electron chi connectivity index (χ0n) is 14.9. The van der Waals surface area contributed by atoms with Gasteiger partial charge in [0.05, 0.1) is 21.5 Å². The molecular formula is C18H31Cl7. The predicted octanol–water partition coefficient (Wildman–Crippen LogP) is 8.79. The van der Waals surface area contributed by atoms with E-state index in [1.807, 2.05) is 6.92 Å². The van der Waals surface area contributed by atoms with Crippen molar-refractivity contribution in [3.05, 3.63) is 0 Å². The second-order valence-corrected chi connectivity index (χ2v) is 10.3. The fraction of sp³-hybridized carbons (Fsp3) is 1.00. The Bertz CT molecular complexity index is 303. The molecule has 0 aliphatic rings. The molecule has 6 unspecified atom stereocenters. The summed E-state index contributed by atoms with van der Waals surface area (Å²) in [4.78, 5) is 0. The van der Waals surface area contributed by atoms with Crippen LogP contribution in [0, 0.1) is 0 Å². The molecule has 0 rings (SSSR count). The first-order valence-corrected chi connectivity index (χ1v) is 12.4. The lowest BCUT2D eigenvalue weighted by Crippen LogP contribution is -2.28. The lowest BCUT2D eigenvalue weighted by atomic mass is 10.0. The first-order chi connectivity index (χ1) is 11.8. The molecule has 0 aliphatic heterocycles. The first kappa shape index (κ1) is 27.0. The van der Waals surface area contributed by atoms with Gasteiger partial charge in [-0.05, 0) is 32.1 Å². The van der Waals surface area contributed by atoms with E-state index in [9.17, 15) is 0 Å². The summed E-state index contributed by atoms with van der Waals surface area (Å²) >= 11 is 43.7. The van der Waals surface area contributed by atoms with Crippen LogP contribution in [0.2, 0.25) is 0 Å².